The molecule has 0 unspecified atom stereocenters. The summed E-state index contributed by atoms with van der Waals surface area (Å²) < 4.78 is 5.24. The number of primary amides is 1. The second-order valence-electron chi connectivity index (χ2n) is 4.24. The molecule has 3 N–H and O–H groups in total. The molecule has 2 aromatic rings. The molecule has 0 saturated heterocycles. The lowest BCUT2D eigenvalue weighted by Crippen LogP contribution is -2.13. The normalized spacial score (nSPS) is 10.2. The van der Waals surface area contributed by atoms with Crippen molar-refractivity contribution in [3.63, 3.8) is 0 Å². The number of amides is 1. The molecule has 5 nitrogen and oxygen atoms in total. The molecule has 2 rings (SSSR count). The number of pyridine rings is 1. The standard InChI is InChI=1S/C14H13Cl2N3O2/c1-21-13-10(16)4-9(15)5-12(13)19-7-8-2-3-11(14(17)20)18-6-8/h2-6,19H,7H2,1H3,(H2,17,20). The Labute approximate surface area is 132 Å². The van der Waals surface area contributed by atoms with Crippen LogP contribution in [0.5, 0.6) is 5.75 Å². The molecule has 110 valence electrons. The molecule has 0 spiro atoms. The summed E-state index contributed by atoms with van der Waals surface area (Å²) in [6.07, 6.45) is 1.58. The van der Waals surface area contributed by atoms with Crippen LogP contribution in [0.15, 0.2) is 30.5 Å². The SMILES string of the molecule is COc1c(Cl)cc(Cl)cc1NCc1ccc(C(N)=O)nc1. The highest BCUT2D eigenvalue weighted by atomic mass is 35.5. The number of carbonyl (C=O) groups is 1. The van der Waals surface area contributed by atoms with Crippen LogP contribution in [0.3, 0.4) is 0 Å². The van der Waals surface area contributed by atoms with E-state index in [0.29, 0.717) is 28.0 Å². The largest absolute Gasteiger partial charge is 0.493 e. The van der Waals surface area contributed by atoms with E-state index in [2.05, 4.69) is 10.3 Å². The number of anilines is 1. The number of nitrogens with one attached hydrogen (secondary N) is 1. The number of methoxy groups -OCH3 is 1. The third-order valence-electron chi connectivity index (χ3n) is 2.77. The van der Waals surface area contributed by atoms with Crippen molar-refractivity contribution in [3.8, 4) is 5.75 Å². The van der Waals surface area contributed by atoms with Gasteiger partial charge in [-0.3, -0.25) is 9.78 Å². The lowest BCUT2D eigenvalue weighted by molar-refractivity contribution is 0.0995. The second kappa shape index (κ2) is 6.65. The monoisotopic (exact) mass is 325 g/mol. The lowest BCUT2D eigenvalue weighted by atomic mass is 10.2. The Morgan fingerprint density at radius 2 is 2.14 bits per heavy atom. The average molecular weight is 326 g/mol. The molecule has 0 saturated carbocycles. The smallest absolute Gasteiger partial charge is 0.267 e. The highest BCUT2D eigenvalue weighted by Crippen LogP contribution is 2.36. The van der Waals surface area contributed by atoms with Gasteiger partial charge in [0, 0.05) is 17.8 Å². The molecule has 7 heteroatoms. The van der Waals surface area contributed by atoms with Crippen LogP contribution in [0, 0.1) is 0 Å². The number of hydrogen-bond donors (Lipinski definition) is 2. The van der Waals surface area contributed by atoms with Crippen LogP contribution in [0.1, 0.15) is 16.1 Å². The second-order valence-corrected chi connectivity index (χ2v) is 5.08. The summed E-state index contributed by atoms with van der Waals surface area (Å²) in [4.78, 5) is 14.9. The molecule has 0 aliphatic rings. The van der Waals surface area contributed by atoms with Gasteiger partial charge in [0.15, 0.2) is 5.75 Å². The van der Waals surface area contributed by atoms with Gasteiger partial charge in [0.1, 0.15) is 5.69 Å². The van der Waals surface area contributed by atoms with Crippen LogP contribution in [-0.2, 0) is 6.54 Å². The van der Waals surface area contributed by atoms with Crippen LogP contribution >= 0.6 is 23.2 Å². The van der Waals surface area contributed by atoms with E-state index < -0.39 is 5.91 Å². The molecule has 0 atom stereocenters. The minimum atomic E-state index is -0.558. The summed E-state index contributed by atoms with van der Waals surface area (Å²) in [5.74, 6) is -0.0411. The number of aromatic nitrogens is 1. The van der Waals surface area contributed by atoms with Crippen molar-refractivity contribution in [2.75, 3.05) is 12.4 Å². The molecular weight excluding hydrogens is 313 g/mol. The van der Waals surface area contributed by atoms with Gasteiger partial charge in [-0.25, -0.2) is 0 Å². The molecule has 1 heterocycles. The predicted octanol–water partition coefficient (Wildman–Crippen LogP) is 3.11. The van der Waals surface area contributed by atoms with Crippen molar-refractivity contribution in [2.45, 2.75) is 6.54 Å². The zero-order chi connectivity index (χ0) is 15.4. The van der Waals surface area contributed by atoms with E-state index in [1.54, 1.807) is 30.5 Å². The van der Waals surface area contributed by atoms with Gasteiger partial charge in [-0.15, -0.1) is 0 Å². The molecule has 1 amide bonds. The van der Waals surface area contributed by atoms with Gasteiger partial charge in [0.2, 0.25) is 0 Å². The minimum Gasteiger partial charge on any atom is -0.493 e. The Bertz CT molecular complexity index is 660. The van der Waals surface area contributed by atoms with Crippen molar-refractivity contribution in [3.05, 3.63) is 51.8 Å². The van der Waals surface area contributed by atoms with Crippen LogP contribution in [0.25, 0.3) is 0 Å². The third-order valence-corrected chi connectivity index (χ3v) is 3.27. The van der Waals surface area contributed by atoms with E-state index in [-0.39, 0.29) is 5.69 Å². The van der Waals surface area contributed by atoms with Gasteiger partial charge in [0.25, 0.3) is 5.91 Å². The molecule has 1 aromatic heterocycles. The van der Waals surface area contributed by atoms with E-state index in [4.69, 9.17) is 33.7 Å². The summed E-state index contributed by atoms with van der Waals surface area (Å²) in [5.41, 5.74) is 6.91. The highest BCUT2D eigenvalue weighted by molar-refractivity contribution is 6.36. The summed E-state index contributed by atoms with van der Waals surface area (Å²) in [6.45, 7) is 0.471. The molecule has 0 aliphatic heterocycles. The fourth-order valence-electron chi connectivity index (χ4n) is 1.77. The Kier molecular flexibility index (Phi) is 4.88. The summed E-state index contributed by atoms with van der Waals surface area (Å²) >= 11 is 12.0. The van der Waals surface area contributed by atoms with Gasteiger partial charge in [-0.05, 0) is 23.8 Å². The number of nitrogens with two attached hydrogens (primary N) is 1. The number of ether oxygens (including phenoxy) is 1. The topological polar surface area (TPSA) is 77.2 Å². The Balaban J connectivity index is 2.14. The first-order valence-corrected chi connectivity index (χ1v) is 6.78. The maximum absolute atomic E-state index is 10.9. The first-order valence-electron chi connectivity index (χ1n) is 6.03. The molecule has 1 aromatic carbocycles. The number of nitrogens with zero attached hydrogens (tertiary/aromatic N) is 1. The van der Waals surface area contributed by atoms with E-state index in [1.165, 1.54) is 7.11 Å². The zero-order valence-corrected chi connectivity index (χ0v) is 12.7. The third kappa shape index (κ3) is 3.77. The van der Waals surface area contributed by atoms with Crippen molar-refractivity contribution in [1.82, 2.24) is 4.98 Å². The lowest BCUT2D eigenvalue weighted by Gasteiger charge is -2.13. The van der Waals surface area contributed by atoms with Crippen LogP contribution < -0.4 is 15.8 Å². The fourth-order valence-corrected chi connectivity index (χ4v) is 2.34. The van der Waals surface area contributed by atoms with Crippen LogP contribution in [0.4, 0.5) is 5.69 Å². The van der Waals surface area contributed by atoms with E-state index in [1.807, 2.05) is 0 Å². The van der Waals surface area contributed by atoms with Crippen LogP contribution in [-0.4, -0.2) is 18.0 Å². The van der Waals surface area contributed by atoms with Crippen LogP contribution in [0.2, 0.25) is 10.0 Å². The zero-order valence-electron chi connectivity index (χ0n) is 11.2. The first kappa shape index (κ1) is 15.4. The van der Waals surface area contributed by atoms with E-state index in [0.717, 1.165) is 5.56 Å². The van der Waals surface area contributed by atoms with Gasteiger partial charge in [-0.2, -0.15) is 0 Å². The molecule has 21 heavy (non-hydrogen) atoms. The Hall–Kier alpha value is -1.98. The van der Waals surface area contributed by atoms with Crippen molar-refractivity contribution in [2.24, 2.45) is 5.73 Å². The first-order chi connectivity index (χ1) is 10.0. The van der Waals surface area contributed by atoms with Crippen molar-refractivity contribution < 1.29 is 9.53 Å². The Morgan fingerprint density at radius 3 is 2.71 bits per heavy atom. The molecular formula is C14H13Cl2N3O2. The molecule has 0 radical (unpaired) electrons. The Morgan fingerprint density at radius 1 is 1.38 bits per heavy atom. The molecule has 0 bridgehead atoms. The van der Waals surface area contributed by atoms with Gasteiger partial charge in [-0.1, -0.05) is 29.3 Å². The maximum Gasteiger partial charge on any atom is 0.267 e. The number of rotatable bonds is 5. The van der Waals surface area contributed by atoms with Crippen molar-refractivity contribution >= 4 is 34.8 Å². The van der Waals surface area contributed by atoms with Gasteiger partial charge < -0.3 is 15.8 Å². The summed E-state index contributed by atoms with van der Waals surface area (Å²) in [5, 5.41) is 4.09. The average Bonchev–Trinajstić information content (AvgIpc) is 2.45. The maximum atomic E-state index is 10.9. The van der Waals surface area contributed by atoms with Crippen molar-refractivity contribution in [1.29, 1.82) is 0 Å². The van der Waals surface area contributed by atoms with Gasteiger partial charge in [0.05, 0.1) is 17.8 Å². The quantitative estimate of drug-likeness (QED) is 0.885. The highest BCUT2D eigenvalue weighted by Gasteiger charge is 2.10. The van der Waals surface area contributed by atoms with E-state index in [9.17, 15) is 4.79 Å². The number of hydrogen-bond acceptors (Lipinski definition) is 4. The number of benzene rings is 1. The minimum absolute atomic E-state index is 0.224. The summed E-state index contributed by atoms with van der Waals surface area (Å²) in [7, 11) is 1.53. The molecule has 0 fully saturated rings. The predicted molar refractivity (Wildman–Crippen MR) is 83.1 cm³/mol. The van der Waals surface area contributed by atoms with Gasteiger partial charge >= 0.3 is 0 Å². The fraction of sp³-hybridized carbons (Fsp3) is 0.143. The van der Waals surface area contributed by atoms with E-state index >= 15 is 0 Å². The summed E-state index contributed by atoms with van der Waals surface area (Å²) in [6, 6.07) is 6.66. The number of halogens is 2. The number of carbonyl (C=O) groups excluding carboxylic acids is 1. The molecule has 0 aliphatic carbocycles.